The molecule has 0 aromatic rings. The number of alkyl halides is 2. The molecule has 72 valence electrons. The first-order valence-electron chi connectivity index (χ1n) is 3.52. The van der Waals surface area contributed by atoms with Gasteiger partial charge in [0.2, 0.25) is 0 Å². The summed E-state index contributed by atoms with van der Waals surface area (Å²) in [7, 11) is 0. The van der Waals surface area contributed by atoms with Crippen molar-refractivity contribution >= 4 is 5.97 Å². The largest absolute Gasteiger partial charge is 0.475 e. The van der Waals surface area contributed by atoms with Crippen LogP contribution < -0.4 is 0 Å². The molecule has 0 unspecified atom stereocenters. The van der Waals surface area contributed by atoms with Crippen molar-refractivity contribution in [1.82, 2.24) is 0 Å². The first-order chi connectivity index (χ1) is 5.21. The predicted octanol–water partition coefficient (Wildman–Crippen LogP) is 1.87. The van der Waals surface area contributed by atoms with Crippen LogP contribution in [0.3, 0.4) is 0 Å². The number of halogens is 2. The van der Waals surface area contributed by atoms with Gasteiger partial charge in [0, 0.05) is 0 Å². The molecular formula is C7H12F2O3. The number of aliphatic carboxylic acids is 1. The molecule has 5 heteroatoms. The Morgan fingerprint density at radius 2 is 1.92 bits per heavy atom. The van der Waals surface area contributed by atoms with E-state index in [1.54, 1.807) is 6.92 Å². The summed E-state index contributed by atoms with van der Waals surface area (Å²) in [6.07, 6.45) is -3.78. The molecule has 0 aliphatic heterocycles. The molecule has 1 N–H and O–H groups in total. The maximum absolute atomic E-state index is 12.4. The summed E-state index contributed by atoms with van der Waals surface area (Å²) in [5, 5.41) is 8.03. The summed E-state index contributed by atoms with van der Waals surface area (Å²) in [6, 6.07) is 0. The maximum Gasteiger partial charge on any atom is 0.456 e. The molecule has 0 saturated carbocycles. The molecule has 0 heterocycles. The van der Waals surface area contributed by atoms with Crippen LogP contribution in [-0.2, 0) is 9.53 Å². The molecule has 0 amide bonds. The lowest BCUT2D eigenvalue weighted by Crippen LogP contribution is -2.40. The van der Waals surface area contributed by atoms with Crippen molar-refractivity contribution in [2.24, 2.45) is 0 Å². The summed E-state index contributed by atoms with van der Waals surface area (Å²) in [4.78, 5) is 9.94. The Balaban J connectivity index is 4.34. The van der Waals surface area contributed by atoms with Crippen molar-refractivity contribution < 1.29 is 23.4 Å². The normalized spacial score (nSPS) is 13.1. The first-order valence-corrected chi connectivity index (χ1v) is 3.52. The third-order valence-electron chi connectivity index (χ3n) is 1.50. The van der Waals surface area contributed by atoms with Gasteiger partial charge in [-0.3, -0.25) is 0 Å². The lowest BCUT2D eigenvalue weighted by atomic mass is 10.1. The average Bonchev–Trinajstić information content (AvgIpc) is 1.85. The number of carboxylic acid groups (broad SMARTS) is 1. The van der Waals surface area contributed by atoms with Crippen LogP contribution in [0.15, 0.2) is 0 Å². The molecule has 0 aliphatic rings. The van der Waals surface area contributed by atoms with E-state index in [-0.39, 0.29) is 0 Å². The summed E-state index contributed by atoms with van der Waals surface area (Å²) < 4.78 is 28.9. The van der Waals surface area contributed by atoms with Gasteiger partial charge in [0.25, 0.3) is 0 Å². The molecule has 12 heavy (non-hydrogen) atoms. The van der Waals surface area contributed by atoms with Gasteiger partial charge in [0.05, 0.1) is 5.60 Å². The fraction of sp³-hybridized carbons (Fsp3) is 0.857. The minimum atomic E-state index is -4.10. The van der Waals surface area contributed by atoms with E-state index in [0.717, 1.165) is 0 Å². The highest BCUT2D eigenvalue weighted by Crippen LogP contribution is 2.25. The lowest BCUT2D eigenvalue weighted by Gasteiger charge is -2.26. The molecule has 0 atom stereocenters. The van der Waals surface area contributed by atoms with E-state index in [2.05, 4.69) is 4.74 Å². The smallest absolute Gasteiger partial charge is 0.456 e. The van der Waals surface area contributed by atoms with Crippen molar-refractivity contribution in [3.05, 3.63) is 0 Å². The highest BCUT2D eigenvalue weighted by atomic mass is 19.3. The van der Waals surface area contributed by atoms with Crippen LogP contribution in [0.4, 0.5) is 8.78 Å². The monoisotopic (exact) mass is 182 g/mol. The van der Waals surface area contributed by atoms with Crippen LogP contribution in [-0.4, -0.2) is 22.8 Å². The van der Waals surface area contributed by atoms with Gasteiger partial charge in [-0.15, -0.1) is 0 Å². The zero-order valence-corrected chi connectivity index (χ0v) is 7.23. The van der Waals surface area contributed by atoms with Gasteiger partial charge >= 0.3 is 12.1 Å². The predicted molar refractivity (Wildman–Crippen MR) is 38.0 cm³/mol. The van der Waals surface area contributed by atoms with E-state index >= 15 is 0 Å². The van der Waals surface area contributed by atoms with Crippen molar-refractivity contribution in [2.45, 2.75) is 38.9 Å². The molecule has 0 aromatic heterocycles. The van der Waals surface area contributed by atoms with E-state index in [9.17, 15) is 13.6 Å². The van der Waals surface area contributed by atoms with E-state index < -0.39 is 17.7 Å². The fourth-order valence-electron chi connectivity index (χ4n) is 0.463. The van der Waals surface area contributed by atoms with Crippen LogP contribution in [0.25, 0.3) is 0 Å². The standard InChI is InChI=1S/C7H12F2O3/c1-4-6(2,3)12-7(8,9)5(10)11/h4H2,1-3H3,(H,10,11). The third-order valence-corrected chi connectivity index (χ3v) is 1.50. The maximum atomic E-state index is 12.4. The molecule has 0 aromatic carbocycles. The zero-order chi connectivity index (χ0) is 9.99. The number of carboxylic acids is 1. The molecule has 0 aliphatic carbocycles. The lowest BCUT2D eigenvalue weighted by molar-refractivity contribution is -0.282. The van der Waals surface area contributed by atoms with Gasteiger partial charge in [0.1, 0.15) is 0 Å². The SMILES string of the molecule is CCC(C)(C)OC(F)(F)C(=O)O. The topological polar surface area (TPSA) is 46.5 Å². The van der Waals surface area contributed by atoms with Gasteiger partial charge in [-0.05, 0) is 20.3 Å². The summed E-state index contributed by atoms with van der Waals surface area (Å²) in [5.41, 5.74) is -1.12. The second-order valence-electron chi connectivity index (χ2n) is 3.04. The van der Waals surface area contributed by atoms with E-state index in [4.69, 9.17) is 5.11 Å². The number of hydrogen-bond donors (Lipinski definition) is 1. The second kappa shape index (κ2) is 3.35. The Bertz CT molecular complexity index is 177. The Hall–Kier alpha value is -0.710. The van der Waals surface area contributed by atoms with E-state index in [1.165, 1.54) is 13.8 Å². The second-order valence-corrected chi connectivity index (χ2v) is 3.04. The van der Waals surface area contributed by atoms with Crippen molar-refractivity contribution in [3.63, 3.8) is 0 Å². The molecule has 0 rings (SSSR count). The average molecular weight is 182 g/mol. The van der Waals surface area contributed by atoms with Crippen molar-refractivity contribution in [3.8, 4) is 0 Å². The van der Waals surface area contributed by atoms with Crippen LogP contribution in [0, 0.1) is 0 Å². The van der Waals surface area contributed by atoms with Crippen LogP contribution in [0.5, 0.6) is 0 Å². The molecule has 0 radical (unpaired) electrons. The summed E-state index contributed by atoms with van der Waals surface area (Å²) >= 11 is 0. The van der Waals surface area contributed by atoms with Crippen molar-refractivity contribution in [2.75, 3.05) is 0 Å². The van der Waals surface area contributed by atoms with Gasteiger partial charge < -0.3 is 9.84 Å². The number of hydrogen-bond acceptors (Lipinski definition) is 2. The highest BCUT2D eigenvalue weighted by molar-refractivity contribution is 5.73. The highest BCUT2D eigenvalue weighted by Gasteiger charge is 2.44. The minimum absolute atomic E-state index is 0.315. The molecular weight excluding hydrogens is 170 g/mol. The van der Waals surface area contributed by atoms with Crippen molar-refractivity contribution in [1.29, 1.82) is 0 Å². The Labute approximate surface area is 69.3 Å². The molecule has 0 spiro atoms. The van der Waals surface area contributed by atoms with Gasteiger partial charge in [0.15, 0.2) is 0 Å². The van der Waals surface area contributed by atoms with Crippen LogP contribution in [0.2, 0.25) is 0 Å². The van der Waals surface area contributed by atoms with Gasteiger partial charge in [-0.2, -0.15) is 8.78 Å². The first kappa shape index (κ1) is 11.3. The molecule has 0 saturated heterocycles. The van der Waals surface area contributed by atoms with Gasteiger partial charge in [-0.1, -0.05) is 6.92 Å². The van der Waals surface area contributed by atoms with E-state index in [1.807, 2.05) is 0 Å². The minimum Gasteiger partial charge on any atom is -0.475 e. The molecule has 0 bridgehead atoms. The van der Waals surface area contributed by atoms with Crippen LogP contribution in [0.1, 0.15) is 27.2 Å². The number of rotatable bonds is 4. The fourth-order valence-corrected chi connectivity index (χ4v) is 0.463. The number of ether oxygens (including phenoxy) is 1. The Morgan fingerprint density at radius 1 is 1.50 bits per heavy atom. The zero-order valence-electron chi connectivity index (χ0n) is 7.23. The summed E-state index contributed by atoms with van der Waals surface area (Å²) in [6.45, 7) is 4.45. The molecule has 3 nitrogen and oxygen atoms in total. The van der Waals surface area contributed by atoms with Gasteiger partial charge in [-0.25, -0.2) is 4.79 Å². The van der Waals surface area contributed by atoms with Crippen LogP contribution >= 0.6 is 0 Å². The summed E-state index contributed by atoms with van der Waals surface area (Å²) in [5.74, 6) is -2.26. The Kier molecular flexibility index (Phi) is 3.15. The third kappa shape index (κ3) is 3.13. The quantitative estimate of drug-likeness (QED) is 0.721. The Morgan fingerprint density at radius 3 is 2.17 bits per heavy atom. The van der Waals surface area contributed by atoms with E-state index in [0.29, 0.717) is 6.42 Å². The number of carbonyl (C=O) groups is 1. The molecule has 0 fully saturated rings.